The van der Waals surface area contributed by atoms with E-state index in [1.165, 1.54) is 19.3 Å². The van der Waals surface area contributed by atoms with Gasteiger partial charge in [-0.1, -0.05) is 20.3 Å². The molecule has 1 saturated heterocycles. The minimum absolute atomic E-state index is 0. The Morgan fingerprint density at radius 2 is 1.92 bits per heavy atom. The van der Waals surface area contributed by atoms with Gasteiger partial charge in [-0.25, -0.2) is 0 Å². The van der Waals surface area contributed by atoms with Crippen molar-refractivity contribution in [3.05, 3.63) is 29.3 Å². The van der Waals surface area contributed by atoms with Gasteiger partial charge in [-0.2, -0.15) is 0 Å². The summed E-state index contributed by atoms with van der Waals surface area (Å²) >= 11 is 0. The minimum atomic E-state index is 0. The molecule has 0 amide bonds. The Morgan fingerprint density at radius 3 is 2.54 bits per heavy atom. The van der Waals surface area contributed by atoms with Crippen molar-refractivity contribution in [2.24, 2.45) is 5.92 Å². The van der Waals surface area contributed by atoms with Crippen molar-refractivity contribution in [2.45, 2.75) is 52.9 Å². The Bertz CT molecular complexity index is 510. The molecular weight excluding hydrogens is 322 g/mol. The number of hydrogen-bond acceptors (Lipinski definition) is 3. The van der Waals surface area contributed by atoms with Crippen LogP contribution in [0.25, 0.3) is 0 Å². The van der Waals surface area contributed by atoms with E-state index in [9.17, 15) is 4.79 Å². The maximum atomic E-state index is 12.4. The highest BCUT2D eigenvalue weighted by molar-refractivity contribution is 5.96. The fourth-order valence-electron chi connectivity index (χ4n) is 2.98. The highest BCUT2D eigenvalue weighted by atomic mass is 35.5. The molecule has 0 aliphatic carbocycles. The summed E-state index contributed by atoms with van der Waals surface area (Å²) in [5.74, 6) is 1.79. The zero-order chi connectivity index (χ0) is 16.7. The summed E-state index contributed by atoms with van der Waals surface area (Å²) < 4.78 is 5.82. The van der Waals surface area contributed by atoms with Gasteiger partial charge >= 0.3 is 0 Å². The number of benzene rings is 1. The Labute approximate surface area is 153 Å². The number of Topliss-reactive ketones (excluding diaryl/α,β-unsaturated/α-hetero) is 1. The van der Waals surface area contributed by atoms with Gasteiger partial charge in [-0.15, -0.1) is 12.4 Å². The first-order valence-corrected chi connectivity index (χ1v) is 9.05. The molecule has 0 aromatic heterocycles. The molecule has 0 unspecified atom stereocenters. The normalized spacial score (nSPS) is 15.2. The van der Waals surface area contributed by atoms with E-state index in [0.717, 1.165) is 49.5 Å². The lowest BCUT2D eigenvalue weighted by Gasteiger charge is -2.25. The fraction of sp³-hybridized carbons (Fsp3) is 0.650. The molecule has 0 saturated carbocycles. The summed E-state index contributed by atoms with van der Waals surface area (Å²) in [4.78, 5) is 14.8. The van der Waals surface area contributed by atoms with Crippen LogP contribution in [0.2, 0.25) is 0 Å². The summed E-state index contributed by atoms with van der Waals surface area (Å²) in [6.45, 7) is 10.3. The first-order valence-electron chi connectivity index (χ1n) is 9.05. The van der Waals surface area contributed by atoms with Crippen molar-refractivity contribution in [3.8, 4) is 5.75 Å². The van der Waals surface area contributed by atoms with Gasteiger partial charge in [-0.05, 0) is 69.0 Å². The number of ketones is 1. The molecule has 0 N–H and O–H groups in total. The first-order chi connectivity index (χ1) is 11.1. The third kappa shape index (κ3) is 6.82. The van der Waals surface area contributed by atoms with Crippen molar-refractivity contribution in [2.75, 3.05) is 26.2 Å². The molecule has 0 radical (unpaired) electrons. The van der Waals surface area contributed by atoms with Crippen LogP contribution in [0.1, 0.15) is 61.9 Å². The maximum Gasteiger partial charge on any atom is 0.164 e. The van der Waals surface area contributed by atoms with Gasteiger partial charge in [0.2, 0.25) is 0 Å². The van der Waals surface area contributed by atoms with Gasteiger partial charge in [0.15, 0.2) is 5.78 Å². The van der Waals surface area contributed by atoms with Crippen molar-refractivity contribution in [3.63, 3.8) is 0 Å². The number of carbonyl (C=O) groups is 1. The van der Waals surface area contributed by atoms with Gasteiger partial charge in [0, 0.05) is 18.5 Å². The van der Waals surface area contributed by atoms with Crippen LogP contribution in [0.3, 0.4) is 0 Å². The zero-order valence-electron chi connectivity index (χ0n) is 15.3. The molecule has 0 bridgehead atoms. The number of hydrogen-bond donors (Lipinski definition) is 0. The van der Waals surface area contributed by atoms with E-state index in [0.29, 0.717) is 12.3 Å². The highest BCUT2D eigenvalue weighted by Gasteiger charge is 2.13. The van der Waals surface area contributed by atoms with Crippen molar-refractivity contribution < 1.29 is 9.53 Å². The van der Waals surface area contributed by atoms with Crippen LogP contribution in [0.5, 0.6) is 5.75 Å². The van der Waals surface area contributed by atoms with E-state index >= 15 is 0 Å². The van der Waals surface area contributed by atoms with E-state index in [-0.39, 0.29) is 18.2 Å². The minimum Gasteiger partial charge on any atom is -0.493 e. The zero-order valence-corrected chi connectivity index (χ0v) is 16.2. The topological polar surface area (TPSA) is 29.5 Å². The average molecular weight is 354 g/mol. The number of piperidine rings is 1. The molecule has 136 valence electrons. The van der Waals surface area contributed by atoms with Crippen LogP contribution in [-0.4, -0.2) is 36.9 Å². The standard InChI is InChI=1S/C20H31NO2.ClH/c1-16(2)10-14-23-20-8-7-18(15-17(20)3)19(22)9-13-21-11-5-4-6-12-21;/h7-8,15-16H,4-6,9-14H2,1-3H3;1H. The van der Waals surface area contributed by atoms with Crippen LogP contribution in [0, 0.1) is 12.8 Å². The Kier molecular flexibility index (Phi) is 9.38. The molecule has 1 aliphatic rings. The van der Waals surface area contributed by atoms with Crippen molar-refractivity contribution >= 4 is 18.2 Å². The number of carbonyl (C=O) groups excluding carboxylic acids is 1. The van der Waals surface area contributed by atoms with Crippen LogP contribution < -0.4 is 4.74 Å². The van der Waals surface area contributed by atoms with E-state index < -0.39 is 0 Å². The van der Waals surface area contributed by atoms with Gasteiger partial charge in [-0.3, -0.25) is 4.79 Å². The molecule has 2 rings (SSSR count). The van der Waals surface area contributed by atoms with Gasteiger partial charge in [0.1, 0.15) is 5.75 Å². The number of rotatable bonds is 8. The molecule has 3 nitrogen and oxygen atoms in total. The van der Waals surface area contributed by atoms with Crippen molar-refractivity contribution in [1.82, 2.24) is 4.90 Å². The molecular formula is C20H32ClNO2. The lowest BCUT2D eigenvalue weighted by molar-refractivity contribution is 0.0958. The second-order valence-electron chi connectivity index (χ2n) is 7.09. The molecule has 1 heterocycles. The molecule has 1 aromatic rings. The average Bonchev–Trinajstić information content (AvgIpc) is 2.54. The summed E-state index contributed by atoms with van der Waals surface area (Å²) in [6.07, 6.45) is 5.55. The second kappa shape index (κ2) is 10.7. The molecule has 1 aliphatic heterocycles. The smallest absolute Gasteiger partial charge is 0.164 e. The number of ether oxygens (including phenoxy) is 1. The summed E-state index contributed by atoms with van der Waals surface area (Å²) in [5.41, 5.74) is 1.87. The molecule has 0 atom stereocenters. The summed E-state index contributed by atoms with van der Waals surface area (Å²) in [6, 6.07) is 5.84. The van der Waals surface area contributed by atoms with Crippen molar-refractivity contribution in [1.29, 1.82) is 0 Å². The van der Waals surface area contributed by atoms with Crippen LogP contribution in [0.15, 0.2) is 18.2 Å². The number of likely N-dealkylation sites (tertiary alicyclic amines) is 1. The van der Waals surface area contributed by atoms with Crippen LogP contribution >= 0.6 is 12.4 Å². The predicted molar refractivity (Wildman–Crippen MR) is 103 cm³/mol. The third-order valence-corrected chi connectivity index (χ3v) is 4.55. The number of halogens is 1. The largest absolute Gasteiger partial charge is 0.493 e. The van der Waals surface area contributed by atoms with Gasteiger partial charge in [0.05, 0.1) is 6.61 Å². The molecule has 1 aromatic carbocycles. The Hall–Kier alpha value is -1.06. The molecule has 0 spiro atoms. The van der Waals surface area contributed by atoms with Gasteiger partial charge in [0.25, 0.3) is 0 Å². The van der Waals surface area contributed by atoms with E-state index in [2.05, 4.69) is 18.7 Å². The van der Waals surface area contributed by atoms with E-state index in [4.69, 9.17) is 4.74 Å². The number of nitrogens with zero attached hydrogens (tertiary/aromatic N) is 1. The lowest BCUT2D eigenvalue weighted by atomic mass is 10.0. The quantitative estimate of drug-likeness (QED) is 0.622. The third-order valence-electron chi connectivity index (χ3n) is 4.55. The molecule has 4 heteroatoms. The Balaban J connectivity index is 0.00000288. The number of aryl methyl sites for hydroxylation is 1. The SMILES string of the molecule is Cc1cc(C(=O)CCN2CCCCC2)ccc1OCCC(C)C.Cl. The lowest BCUT2D eigenvalue weighted by Crippen LogP contribution is -2.31. The predicted octanol–water partition coefficient (Wildman–Crippen LogP) is 4.90. The van der Waals surface area contributed by atoms with Crippen LogP contribution in [-0.2, 0) is 0 Å². The second-order valence-corrected chi connectivity index (χ2v) is 7.09. The fourth-order valence-corrected chi connectivity index (χ4v) is 2.98. The monoisotopic (exact) mass is 353 g/mol. The molecule has 1 fully saturated rings. The summed E-state index contributed by atoms with van der Waals surface area (Å²) in [7, 11) is 0. The maximum absolute atomic E-state index is 12.4. The summed E-state index contributed by atoms with van der Waals surface area (Å²) in [5, 5.41) is 0. The van der Waals surface area contributed by atoms with E-state index in [1.54, 1.807) is 0 Å². The van der Waals surface area contributed by atoms with E-state index in [1.807, 2.05) is 25.1 Å². The highest BCUT2D eigenvalue weighted by Crippen LogP contribution is 2.21. The molecule has 24 heavy (non-hydrogen) atoms. The Morgan fingerprint density at radius 1 is 1.21 bits per heavy atom. The first kappa shape index (κ1) is 21.0. The van der Waals surface area contributed by atoms with Gasteiger partial charge < -0.3 is 9.64 Å². The van der Waals surface area contributed by atoms with Crippen LogP contribution in [0.4, 0.5) is 0 Å².